The van der Waals surface area contributed by atoms with E-state index in [9.17, 15) is 24.0 Å². The molecule has 0 saturated carbocycles. The first kappa shape index (κ1) is 28.6. The van der Waals surface area contributed by atoms with Crippen LogP contribution in [-0.2, 0) is 24.0 Å². The van der Waals surface area contributed by atoms with Crippen LogP contribution in [0.5, 0.6) is 0 Å². The zero-order chi connectivity index (χ0) is 24.8. The van der Waals surface area contributed by atoms with Gasteiger partial charge in [-0.25, -0.2) is 4.79 Å². The highest BCUT2D eigenvalue weighted by Crippen LogP contribution is 2.09. The van der Waals surface area contributed by atoms with E-state index in [4.69, 9.17) is 27.4 Å². The Morgan fingerprint density at radius 3 is 2.16 bits per heavy atom. The lowest BCUT2D eigenvalue weighted by Crippen LogP contribution is -2.55. The highest BCUT2D eigenvalue weighted by molar-refractivity contribution is 5.93. The second kappa shape index (κ2) is 14.6. The molecule has 4 unspecified atom stereocenters. The quantitative estimate of drug-likeness (QED) is 0.0702. The summed E-state index contributed by atoms with van der Waals surface area (Å²) in [6.07, 6.45) is 0.444. The number of nitrogens with zero attached hydrogens (tertiary/aromatic N) is 1. The molecule has 0 spiro atoms. The summed E-state index contributed by atoms with van der Waals surface area (Å²) in [5.74, 6) is -5.42. The molecular weight excluding hydrogens is 426 g/mol. The molecule has 0 bridgehead atoms. The summed E-state index contributed by atoms with van der Waals surface area (Å²) in [4.78, 5) is 62.3. The molecule has 11 N–H and O–H groups in total. The summed E-state index contributed by atoms with van der Waals surface area (Å²) in [5, 5.41) is 24.5. The molecule has 14 heteroatoms. The minimum absolute atomic E-state index is 0.0711. The molecule has 0 aromatic rings. The molecule has 182 valence electrons. The fourth-order valence-electron chi connectivity index (χ4n) is 2.51. The standard InChI is InChI=1S/C18H33N7O7/c1-3-9(2)14(25-15(29)10(19)5-4-6-22-18(20)21)16(30)23-8-12(26)24-11(17(31)32)7-13(27)28/h9-11,14H,3-8,19H2,1-2H3,(H,23,30)(H,24,26)(H,25,29)(H,27,28)(H,31,32)(H4,20,21,22). The van der Waals surface area contributed by atoms with Crippen molar-refractivity contribution in [2.24, 2.45) is 28.1 Å². The number of rotatable bonds is 15. The number of carboxylic acids is 2. The molecule has 0 aliphatic heterocycles. The first-order valence-corrected chi connectivity index (χ1v) is 10.0. The van der Waals surface area contributed by atoms with Gasteiger partial charge in [0.15, 0.2) is 5.96 Å². The Kier molecular flexibility index (Phi) is 13.0. The van der Waals surface area contributed by atoms with E-state index in [1.807, 2.05) is 12.2 Å². The van der Waals surface area contributed by atoms with Gasteiger partial charge in [0.05, 0.1) is 19.0 Å². The number of carboxylic acid groups (broad SMARTS) is 2. The third kappa shape index (κ3) is 11.7. The average molecular weight is 460 g/mol. The highest BCUT2D eigenvalue weighted by atomic mass is 16.4. The molecule has 0 radical (unpaired) electrons. The molecule has 0 aliphatic rings. The molecule has 0 fully saturated rings. The SMILES string of the molecule is CCC(C)C(NC(=O)C(N)CCCN=C(N)N)C(=O)NCC(=O)NC(CC(=O)O)C(=O)O. The van der Waals surface area contributed by atoms with E-state index >= 15 is 0 Å². The van der Waals surface area contributed by atoms with Crippen molar-refractivity contribution in [1.29, 1.82) is 0 Å². The Morgan fingerprint density at radius 2 is 1.66 bits per heavy atom. The van der Waals surface area contributed by atoms with Crippen LogP contribution >= 0.6 is 0 Å². The van der Waals surface area contributed by atoms with Gasteiger partial charge in [-0.1, -0.05) is 20.3 Å². The molecule has 14 nitrogen and oxygen atoms in total. The van der Waals surface area contributed by atoms with E-state index in [1.54, 1.807) is 6.92 Å². The summed E-state index contributed by atoms with van der Waals surface area (Å²) >= 11 is 0. The van der Waals surface area contributed by atoms with E-state index in [1.165, 1.54) is 0 Å². The maximum Gasteiger partial charge on any atom is 0.326 e. The van der Waals surface area contributed by atoms with Gasteiger partial charge in [-0.15, -0.1) is 0 Å². The number of hydrogen-bond donors (Lipinski definition) is 8. The van der Waals surface area contributed by atoms with Crippen LogP contribution in [0.2, 0.25) is 0 Å². The van der Waals surface area contributed by atoms with Crippen molar-refractivity contribution in [3.05, 3.63) is 0 Å². The van der Waals surface area contributed by atoms with Gasteiger partial charge in [-0.05, 0) is 18.8 Å². The smallest absolute Gasteiger partial charge is 0.326 e. The number of nitrogens with one attached hydrogen (secondary N) is 3. The van der Waals surface area contributed by atoms with Gasteiger partial charge in [-0.3, -0.25) is 24.2 Å². The fraction of sp³-hybridized carbons (Fsp3) is 0.667. The molecule has 0 heterocycles. The minimum Gasteiger partial charge on any atom is -0.481 e. The Morgan fingerprint density at radius 1 is 1.03 bits per heavy atom. The maximum atomic E-state index is 12.5. The molecule has 0 saturated heterocycles. The fourth-order valence-corrected chi connectivity index (χ4v) is 2.51. The Labute approximate surface area is 185 Å². The summed E-state index contributed by atoms with van der Waals surface area (Å²) < 4.78 is 0. The van der Waals surface area contributed by atoms with Crippen LogP contribution in [0.3, 0.4) is 0 Å². The lowest BCUT2D eigenvalue weighted by atomic mass is 9.97. The van der Waals surface area contributed by atoms with Gasteiger partial charge in [0.1, 0.15) is 12.1 Å². The summed E-state index contributed by atoms with van der Waals surface area (Å²) in [7, 11) is 0. The van der Waals surface area contributed by atoms with Gasteiger partial charge in [-0.2, -0.15) is 0 Å². The second-order valence-corrected chi connectivity index (χ2v) is 7.20. The van der Waals surface area contributed by atoms with Crippen molar-refractivity contribution in [1.82, 2.24) is 16.0 Å². The van der Waals surface area contributed by atoms with Gasteiger partial charge in [0.25, 0.3) is 0 Å². The summed E-state index contributed by atoms with van der Waals surface area (Å²) in [6.45, 7) is 3.23. The zero-order valence-electron chi connectivity index (χ0n) is 18.2. The topological polar surface area (TPSA) is 252 Å². The largest absolute Gasteiger partial charge is 0.481 e. The lowest BCUT2D eigenvalue weighted by molar-refractivity contribution is -0.147. The summed E-state index contributed by atoms with van der Waals surface area (Å²) in [6, 6.07) is -3.53. The van der Waals surface area contributed by atoms with Crippen LogP contribution in [0, 0.1) is 5.92 Å². The van der Waals surface area contributed by atoms with Gasteiger partial charge in [0.2, 0.25) is 17.7 Å². The molecule has 0 aliphatic carbocycles. The molecule has 0 aromatic heterocycles. The maximum absolute atomic E-state index is 12.5. The van der Waals surface area contributed by atoms with Gasteiger partial charge < -0.3 is 43.4 Å². The van der Waals surface area contributed by atoms with Crippen LogP contribution in [-0.4, -0.2) is 77.0 Å². The zero-order valence-corrected chi connectivity index (χ0v) is 18.2. The van der Waals surface area contributed by atoms with E-state index in [2.05, 4.69) is 15.6 Å². The lowest BCUT2D eigenvalue weighted by Gasteiger charge is -2.25. The molecule has 0 aromatic carbocycles. The highest BCUT2D eigenvalue weighted by Gasteiger charge is 2.29. The van der Waals surface area contributed by atoms with Crippen molar-refractivity contribution in [3.8, 4) is 0 Å². The van der Waals surface area contributed by atoms with Crippen LogP contribution < -0.4 is 33.2 Å². The second-order valence-electron chi connectivity index (χ2n) is 7.20. The number of carbonyl (C=O) groups is 5. The molecule has 32 heavy (non-hydrogen) atoms. The Bertz CT molecular complexity index is 710. The Balaban J connectivity index is 4.85. The first-order chi connectivity index (χ1) is 14.9. The molecule has 3 amide bonds. The molecule has 4 atom stereocenters. The van der Waals surface area contributed by atoms with E-state index in [-0.39, 0.29) is 18.3 Å². The van der Waals surface area contributed by atoms with Crippen LogP contribution in [0.25, 0.3) is 0 Å². The minimum atomic E-state index is -1.64. The average Bonchev–Trinajstić information content (AvgIpc) is 2.71. The third-order valence-electron chi connectivity index (χ3n) is 4.53. The van der Waals surface area contributed by atoms with E-state index < -0.39 is 60.8 Å². The van der Waals surface area contributed by atoms with Crippen LogP contribution in [0.15, 0.2) is 4.99 Å². The molecule has 0 rings (SSSR count). The van der Waals surface area contributed by atoms with Crippen LogP contribution in [0.4, 0.5) is 0 Å². The molecular formula is C18H33N7O7. The number of carbonyl (C=O) groups excluding carboxylic acids is 3. The van der Waals surface area contributed by atoms with Crippen molar-refractivity contribution in [3.63, 3.8) is 0 Å². The van der Waals surface area contributed by atoms with Gasteiger partial charge in [0, 0.05) is 6.54 Å². The number of aliphatic carboxylic acids is 2. The van der Waals surface area contributed by atoms with Crippen LogP contribution in [0.1, 0.15) is 39.5 Å². The first-order valence-electron chi connectivity index (χ1n) is 10.0. The predicted octanol–water partition coefficient (Wildman–Crippen LogP) is -2.94. The third-order valence-corrected chi connectivity index (χ3v) is 4.53. The Hall–Kier alpha value is -3.42. The van der Waals surface area contributed by atoms with Crippen molar-refractivity contribution >= 4 is 35.6 Å². The van der Waals surface area contributed by atoms with Crippen molar-refractivity contribution in [2.45, 2.75) is 57.7 Å². The normalized spacial score (nSPS) is 14.2. The number of aliphatic imine (C=N–C) groups is 1. The number of amides is 3. The number of nitrogens with two attached hydrogens (primary N) is 3. The number of hydrogen-bond acceptors (Lipinski definition) is 7. The summed E-state index contributed by atoms with van der Waals surface area (Å²) in [5.41, 5.74) is 16.3. The van der Waals surface area contributed by atoms with Gasteiger partial charge >= 0.3 is 11.9 Å². The monoisotopic (exact) mass is 459 g/mol. The van der Waals surface area contributed by atoms with Crippen molar-refractivity contribution < 1.29 is 34.2 Å². The van der Waals surface area contributed by atoms with Crippen molar-refractivity contribution in [2.75, 3.05) is 13.1 Å². The number of guanidine groups is 1. The van der Waals surface area contributed by atoms with E-state index in [0.717, 1.165) is 0 Å². The predicted molar refractivity (Wildman–Crippen MR) is 114 cm³/mol. The van der Waals surface area contributed by atoms with E-state index in [0.29, 0.717) is 19.4 Å².